The lowest BCUT2D eigenvalue weighted by Gasteiger charge is -2.32. The van der Waals surface area contributed by atoms with Crippen LogP contribution in [0.2, 0.25) is 0 Å². The molecule has 0 aliphatic heterocycles. The molecular formula is C12H8Br2. The van der Waals surface area contributed by atoms with E-state index in [9.17, 15) is 0 Å². The zero-order chi connectivity index (χ0) is 9.71. The van der Waals surface area contributed by atoms with Gasteiger partial charge in [-0.2, -0.15) is 0 Å². The Kier molecular flexibility index (Phi) is 1.96. The normalized spacial score (nSPS) is 24.4. The molecule has 0 nitrogen and oxygen atoms in total. The lowest BCUT2D eigenvalue weighted by molar-refractivity contribution is 0.824. The van der Waals surface area contributed by atoms with Crippen molar-refractivity contribution in [2.24, 2.45) is 0 Å². The van der Waals surface area contributed by atoms with Gasteiger partial charge in [0.1, 0.15) is 0 Å². The standard InChI is InChI=1S/C12H8Br2/c13-11-9-5-7-3-1-2-4-8(7)6-10(9)12(11)14/h1-6,11-12H. The van der Waals surface area contributed by atoms with Crippen molar-refractivity contribution < 1.29 is 0 Å². The Hall–Kier alpha value is -0.340. The van der Waals surface area contributed by atoms with Crippen molar-refractivity contribution in [3.63, 3.8) is 0 Å². The molecule has 1 aliphatic rings. The van der Waals surface area contributed by atoms with Crippen LogP contribution in [0.4, 0.5) is 0 Å². The third-order valence-corrected chi connectivity index (χ3v) is 5.56. The molecule has 2 atom stereocenters. The third-order valence-electron chi connectivity index (χ3n) is 2.80. The maximum Gasteiger partial charge on any atom is 0.0564 e. The smallest absolute Gasteiger partial charge is 0.0564 e. The predicted molar refractivity (Wildman–Crippen MR) is 67.3 cm³/mol. The molecule has 0 amide bonds. The Morgan fingerprint density at radius 2 is 1.21 bits per heavy atom. The number of halogens is 2. The van der Waals surface area contributed by atoms with Crippen LogP contribution in [0.1, 0.15) is 20.8 Å². The fourth-order valence-corrected chi connectivity index (χ4v) is 3.33. The summed E-state index contributed by atoms with van der Waals surface area (Å²) >= 11 is 7.33. The molecule has 2 heteroatoms. The third kappa shape index (κ3) is 1.10. The van der Waals surface area contributed by atoms with E-state index < -0.39 is 0 Å². The molecular weight excluding hydrogens is 304 g/mol. The monoisotopic (exact) mass is 310 g/mol. The molecule has 0 bridgehead atoms. The van der Waals surface area contributed by atoms with Crippen molar-refractivity contribution in [1.82, 2.24) is 0 Å². The first-order valence-corrected chi connectivity index (χ1v) is 6.41. The highest BCUT2D eigenvalue weighted by atomic mass is 79.9. The van der Waals surface area contributed by atoms with E-state index in [0.29, 0.717) is 9.65 Å². The zero-order valence-corrected chi connectivity index (χ0v) is 10.5. The summed E-state index contributed by atoms with van der Waals surface area (Å²) in [5.74, 6) is 0. The highest BCUT2D eigenvalue weighted by Gasteiger charge is 2.33. The average molecular weight is 312 g/mol. The van der Waals surface area contributed by atoms with Gasteiger partial charge in [0.05, 0.1) is 9.65 Å². The second-order valence-corrected chi connectivity index (χ2v) is 5.60. The first kappa shape index (κ1) is 8.93. The van der Waals surface area contributed by atoms with Crippen molar-refractivity contribution in [2.45, 2.75) is 9.65 Å². The summed E-state index contributed by atoms with van der Waals surface area (Å²) < 4.78 is 0. The Morgan fingerprint density at radius 3 is 1.64 bits per heavy atom. The molecule has 0 fully saturated rings. The molecule has 0 N–H and O–H groups in total. The minimum atomic E-state index is 0.474. The highest BCUT2D eigenvalue weighted by molar-refractivity contribution is 9.12. The maximum atomic E-state index is 3.66. The van der Waals surface area contributed by atoms with Crippen molar-refractivity contribution >= 4 is 42.6 Å². The van der Waals surface area contributed by atoms with E-state index in [2.05, 4.69) is 68.3 Å². The van der Waals surface area contributed by atoms with Crippen LogP contribution in [0, 0.1) is 0 Å². The molecule has 0 saturated carbocycles. The minimum absolute atomic E-state index is 0.474. The molecule has 14 heavy (non-hydrogen) atoms. The fraction of sp³-hybridized carbons (Fsp3) is 0.167. The second-order valence-electron chi connectivity index (χ2n) is 3.63. The average Bonchev–Trinajstić information content (AvgIpc) is 2.26. The Bertz CT molecular complexity index is 458. The topological polar surface area (TPSA) is 0 Å². The molecule has 0 radical (unpaired) electrons. The predicted octanol–water partition coefficient (Wildman–Crippen LogP) is 4.73. The summed E-state index contributed by atoms with van der Waals surface area (Å²) in [5.41, 5.74) is 2.84. The van der Waals surface area contributed by atoms with Crippen molar-refractivity contribution in [3.05, 3.63) is 47.5 Å². The van der Waals surface area contributed by atoms with Crippen LogP contribution < -0.4 is 0 Å². The molecule has 2 aromatic rings. The molecule has 2 aromatic carbocycles. The summed E-state index contributed by atoms with van der Waals surface area (Å²) in [7, 11) is 0. The van der Waals surface area contributed by atoms with Crippen molar-refractivity contribution in [3.8, 4) is 0 Å². The van der Waals surface area contributed by atoms with Gasteiger partial charge in [0.25, 0.3) is 0 Å². The Balaban J connectivity index is 2.31. The van der Waals surface area contributed by atoms with Gasteiger partial charge >= 0.3 is 0 Å². The second kappa shape index (κ2) is 3.07. The van der Waals surface area contributed by atoms with Crippen LogP contribution in [0.15, 0.2) is 36.4 Å². The number of benzene rings is 2. The zero-order valence-electron chi connectivity index (χ0n) is 7.37. The van der Waals surface area contributed by atoms with Gasteiger partial charge in [-0.3, -0.25) is 0 Å². The largest absolute Gasteiger partial charge is 0.0823 e. The summed E-state index contributed by atoms with van der Waals surface area (Å²) in [5, 5.41) is 2.66. The summed E-state index contributed by atoms with van der Waals surface area (Å²) in [6.45, 7) is 0. The number of hydrogen-bond donors (Lipinski definition) is 0. The van der Waals surface area contributed by atoms with Crippen LogP contribution in [0.3, 0.4) is 0 Å². The lowest BCUT2D eigenvalue weighted by Crippen LogP contribution is -2.14. The van der Waals surface area contributed by atoms with Crippen LogP contribution >= 0.6 is 31.9 Å². The molecule has 0 aromatic heterocycles. The summed E-state index contributed by atoms with van der Waals surface area (Å²) in [4.78, 5) is 0.948. The molecule has 70 valence electrons. The van der Waals surface area contributed by atoms with Gasteiger partial charge in [0, 0.05) is 0 Å². The van der Waals surface area contributed by atoms with Crippen LogP contribution in [-0.2, 0) is 0 Å². The van der Waals surface area contributed by atoms with Gasteiger partial charge in [-0.15, -0.1) is 0 Å². The maximum absolute atomic E-state index is 3.66. The van der Waals surface area contributed by atoms with Gasteiger partial charge in [-0.05, 0) is 34.0 Å². The summed E-state index contributed by atoms with van der Waals surface area (Å²) in [6, 6.07) is 13.1. The van der Waals surface area contributed by atoms with Crippen molar-refractivity contribution in [1.29, 1.82) is 0 Å². The van der Waals surface area contributed by atoms with Crippen LogP contribution in [0.25, 0.3) is 10.8 Å². The van der Waals surface area contributed by atoms with E-state index in [1.165, 1.54) is 21.9 Å². The first-order chi connectivity index (χ1) is 6.77. The van der Waals surface area contributed by atoms with Gasteiger partial charge in [0.2, 0.25) is 0 Å². The fourth-order valence-electron chi connectivity index (χ4n) is 1.97. The number of rotatable bonds is 0. The molecule has 3 rings (SSSR count). The van der Waals surface area contributed by atoms with E-state index in [0.717, 1.165) is 0 Å². The Morgan fingerprint density at radius 1 is 0.786 bits per heavy atom. The van der Waals surface area contributed by atoms with Crippen molar-refractivity contribution in [2.75, 3.05) is 0 Å². The highest BCUT2D eigenvalue weighted by Crippen LogP contribution is 2.54. The van der Waals surface area contributed by atoms with E-state index >= 15 is 0 Å². The van der Waals surface area contributed by atoms with Gasteiger partial charge in [-0.1, -0.05) is 56.1 Å². The molecule has 0 saturated heterocycles. The molecule has 0 spiro atoms. The molecule has 2 unspecified atom stereocenters. The lowest BCUT2D eigenvalue weighted by atomic mass is 9.86. The minimum Gasteiger partial charge on any atom is -0.0823 e. The van der Waals surface area contributed by atoms with E-state index in [1.807, 2.05) is 0 Å². The number of alkyl halides is 2. The first-order valence-electron chi connectivity index (χ1n) is 4.58. The molecule has 0 heterocycles. The quantitative estimate of drug-likeness (QED) is 0.617. The van der Waals surface area contributed by atoms with Gasteiger partial charge in [0.15, 0.2) is 0 Å². The number of hydrogen-bond acceptors (Lipinski definition) is 0. The van der Waals surface area contributed by atoms with Crippen LogP contribution in [0.5, 0.6) is 0 Å². The van der Waals surface area contributed by atoms with Crippen LogP contribution in [-0.4, -0.2) is 0 Å². The molecule has 1 aliphatic carbocycles. The Labute approximate surface area is 99.6 Å². The van der Waals surface area contributed by atoms with Gasteiger partial charge < -0.3 is 0 Å². The van der Waals surface area contributed by atoms with E-state index in [1.54, 1.807) is 0 Å². The number of fused-ring (bicyclic) bond motifs is 2. The SMILES string of the molecule is BrC1c2cc3ccccc3cc2C1Br. The van der Waals surface area contributed by atoms with Gasteiger partial charge in [-0.25, -0.2) is 0 Å². The van der Waals surface area contributed by atoms with E-state index in [4.69, 9.17) is 0 Å². The van der Waals surface area contributed by atoms with E-state index in [-0.39, 0.29) is 0 Å². The summed E-state index contributed by atoms with van der Waals surface area (Å²) in [6.07, 6.45) is 0.